The summed E-state index contributed by atoms with van der Waals surface area (Å²) in [6.45, 7) is 7.76. The molecule has 0 unspecified atom stereocenters. The lowest BCUT2D eigenvalue weighted by Gasteiger charge is -2.34. The molecule has 0 aromatic carbocycles. The predicted molar refractivity (Wildman–Crippen MR) is 149 cm³/mol. The molecule has 2 atom stereocenters. The van der Waals surface area contributed by atoms with Crippen LogP contribution < -0.4 is 4.72 Å². The number of piperidine rings is 1. The predicted octanol–water partition coefficient (Wildman–Crippen LogP) is 3.71. The van der Waals surface area contributed by atoms with Gasteiger partial charge < -0.3 is 14.7 Å². The zero-order chi connectivity index (χ0) is 26.6. The van der Waals surface area contributed by atoms with Crippen molar-refractivity contribution in [3.8, 4) is 0 Å². The summed E-state index contributed by atoms with van der Waals surface area (Å²) in [6.07, 6.45) is 8.56. The highest BCUT2D eigenvalue weighted by atomic mass is 35.5. The van der Waals surface area contributed by atoms with Gasteiger partial charge in [0.15, 0.2) is 0 Å². The van der Waals surface area contributed by atoms with Crippen molar-refractivity contribution in [3.05, 3.63) is 38.4 Å². The molecule has 4 heterocycles. The van der Waals surface area contributed by atoms with E-state index in [4.69, 9.17) is 11.6 Å². The highest BCUT2D eigenvalue weighted by molar-refractivity contribution is 7.93. The van der Waals surface area contributed by atoms with Crippen molar-refractivity contribution in [2.24, 2.45) is 0 Å². The largest absolute Gasteiger partial charge is 0.337 e. The Labute approximate surface area is 229 Å². The van der Waals surface area contributed by atoms with Crippen molar-refractivity contribution in [1.82, 2.24) is 19.4 Å². The summed E-state index contributed by atoms with van der Waals surface area (Å²) in [5.41, 5.74) is 0.770. The number of carbonyl (C=O) groups is 2. The van der Waals surface area contributed by atoms with E-state index in [0.717, 1.165) is 49.5 Å². The van der Waals surface area contributed by atoms with Gasteiger partial charge in [-0.3, -0.25) is 9.59 Å². The average Bonchev–Trinajstić information content (AvgIpc) is 3.63. The molecule has 1 aromatic rings. The number of nitrogens with one attached hydrogen (secondary N) is 1. The monoisotopic (exact) mass is 568 g/mol. The lowest BCUT2D eigenvalue weighted by Crippen LogP contribution is -2.55. The molecule has 3 aliphatic rings. The van der Waals surface area contributed by atoms with Crippen LogP contribution in [-0.4, -0.2) is 86.3 Å². The molecule has 3 aliphatic heterocycles. The fraction of sp³-hybridized carbons (Fsp3) is 0.615. The molecule has 1 aromatic heterocycles. The van der Waals surface area contributed by atoms with Crippen LogP contribution in [0.2, 0.25) is 4.34 Å². The number of carbonyl (C=O) groups excluding carboxylic acids is 2. The van der Waals surface area contributed by atoms with E-state index < -0.39 is 16.1 Å². The zero-order valence-corrected chi connectivity index (χ0v) is 24.0. The van der Waals surface area contributed by atoms with Crippen LogP contribution in [0.4, 0.5) is 0 Å². The Morgan fingerprint density at radius 1 is 1.14 bits per heavy atom. The van der Waals surface area contributed by atoms with Gasteiger partial charge in [-0.2, -0.15) is 4.72 Å². The number of thiophene rings is 1. The van der Waals surface area contributed by atoms with Gasteiger partial charge in [-0.15, -0.1) is 11.3 Å². The summed E-state index contributed by atoms with van der Waals surface area (Å²) in [5, 5.41) is 0. The van der Waals surface area contributed by atoms with Gasteiger partial charge >= 0.3 is 0 Å². The number of allylic oxidation sites excluding steroid dienone is 3. The number of sulfonamides is 1. The Kier molecular flexibility index (Phi) is 9.50. The Morgan fingerprint density at radius 3 is 2.54 bits per heavy atom. The van der Waals surface area contributed by atoms with Crippen molar-refractivity contribution in [2.45, 2.75) is 64.5 Å². The van der Waals surface area contributed by atoms with Gasteiger partial charge in [0.25, 0.3) is 0 Å². The first kappa shape index (κ1) is 28.3. The van der Waals surface area contributed by atoms with Crippen molar-refractivity contribution in [1.29, 1.82) is 0 Å². The van der Waals surface area contributed by atoms with E-state index in [9.17, 15) is 18.0 Å². The third-order valence-electron chi connectivity index (χ3n) is 7.43. The second kappa shape index (κ2) is 12.4. The van der Waals surface area contributed by atoms with Crippen LogP contribution in [0.5, 0.6) is 0 Å². The molecular formula is C26H37ClN4O4S2. The maximum atomic E-state index is 13.2. The Balaban J connectivity index is 1.38. The van der Waals surface area contributed by atoms with Gasteiger partial charge in [0.1, 0.15) is 6.04 Å². The van der Waals surface area contributed by atoms with E-state index >= 15 is 0 Å². The molecule has 4 rings (SSSR count). The number of halogens is 1. The summed E-state index contributed by atoms with van der Waals surface area (Å²) < 4.78 is 29.6. The van der Waals surface area contributed by atoms with Gasteiger partial charge in [-0.25, -0.2) is 8.42 Å². The molecule has 0 aliphatic carbocycles. The molecule has 37 heavy (non-hydrogen) atoms. The van der Waals surface area contributed by atoms with Crippen LogP contribution in [0.1, 0.15) is 57.2 Å². The van der Waals surface area contributed by atoms with E-state index in [1.54, 1.807) is 19.1 Å². The molecule has 0 spiro atoms. The number of likely N-dealkylation sites (tertiary alicyclic amines) is 3. The maximum Gasteiger partial charge on any atom is 0.242 e. The topological polar surface area (TPSA) is 90.0 Å². The van der Waals surface area contributed by atoms with Crippen LogP contribution in [0.3, 0.4) is 0 Å². The van der Waals surface area contributed by atoms with E-state index in [1.165, 1.54) is 35.2 Å². The summed E-state index contributed by atoms with van der Waals surface area (Å²) in [4.78, 5) is 33.3. The molecule has 0 saturated carbocycles. The van der Waals surface area contributed by atoms with Crippen LogP contribution >= 0.6 is 22.9 Å². The van der Waals surface area contributed by atoms with E-state index in [0.29, 0.717) is 23.7 Å². The number of hydrogen-bond acceptors (Lipinski definition) is 6. The smallest absolute Gasteiger partial charge is 0.242 e. The van der Waals surface area contributed by atoms with E-state index in [1.807, 2.05) is 17.9 Å². The fourth-order valence-electron chi connectivity index (χ4n) is 5.46. The van der Waals surface area contributed by atoms with Gasteiger partial charge in [-0.05, 0) is 89.2 Å². The van der Waals surface area contributed by atoms with Crippen LogP contribution in [0, 0.1) is 0 Å². The lowest BCUT2D eigenvalue weighted by atomic mass is 10.1. The number of amides is 2. The summed E-state index contributed by atoms with van der Waals surface area (Å²) in [6, 6.07) is 2.94. The molecule has 1 N–H and O–H groups in total. The standard InChI is InChI=1S/C26H37ClN4O4S2/c1-3-21(16-19(2)23-10-11-24(27)36-23)37(34,35)28-22-9-7-14-30(26(22)33)18-25(32)31-15-6-8-20(31)17-29-12-4-5-13-29/h3,10-11,16,20,22,28H,4-9,12-15,17-18H2,1-2H3/b19-16+,21-3+/t20-,22-/m0/s1. The minimum atomic E-state index is -3.93. The maximum absolute atomic E-state index is 13.2. The quantitative estimate of drug-likeness (QED) is 0.459. The SMILES string of the molecule is C/C=C(\C=C(/C)c1ccc(Cl)s1)S(=O)(=O)N[C@H]1CCCN(CC(=O)N2CCC[C@H]2CN2CCCC2)C1=O. The Bertz CT molecular complexity index is 1160. The highest BCUT2D eigenvalue weighted by Crippen LogP contribution is 2.29. The lowest BCUT2D eigenvalue weighted by molar-refractivity contribution is -0.143. The summed E-state index contributed by atoms with van der Waals surface area (Å²) in [5.74, 6) is -0.375. The minimum absolute atomic E-state index is 0.00217. The number of nitrogens with zero attached hydrogens (tertiary/aromatic N) is 3. The Hall–Kier alpha value is -1.72. The third-order valence-corrected chi connectivity index (χ3v) is 10.4. The van der Waals surface area contributed by atoms with Crippen molar-refractivity contribution in [2.75, 3.05) is 39.3 Å². The molecule has 11 heteroatoms. The summed E-state index contributed by atoms with van der Waals surface area (Å²) in [7, 11) is -3.93. The van der Waals surface area contributed by atoms with E-state index in [-0.39, 0.29) is 29.3 Å². The van der Waals surface area contributed by atoms with Gasteiger partial charge in [-0.1, -0.05) is 17.7 Å². The second-order valence-electron chi connectivity index (χ2n) is 10.1. The van der Waals surface area contributed by atoms with Crippen molar-refractivity contribution < 1.29 is 18.0 Å². The number of rotatable bonds is 9. The first-order valence-corrected chi connectivity index (χ1v) is 15.8. The van der Waals surface area contributed by atoms with E-state index in [2.05, 4.69) is 9.62 Å². The first-order valence-electron chi connectivity index (χ1n) is 13.1. The Morgan fingerprint density at radius 2 is 1.86 bits per heavy atom. The third kappa shape index (κ3) is 7.03. The van der Waals surface area contributed by atoms with Gasteiger partial charge in [0, 0.05) is 30.6 Å². The molecule has 3 fully saturated rings. The zero-order valence-electron chi connectivity index (χ0n) is 21.6. The molecule has 8 nitrogen and oxygen atoms in total. The highest BCUT2D eigenvalue weighted by Gasteiger charge is 2.36. The van der Waals surface area contributed by atoms with Gasteiger partial charge in [0.05, 0.1) is 15.8 Å². The first-order chi connectivity index (χ1) is 17.7. The van der Waals surface area contributed by atoms with Crippen molar-refractivity contribution in [3.63, 3.8) is 0 Å². The molecule has 0 bridgehead atoms. The molecule has 2 amide bonds. The minimum Gasteiger partial charge on any atom is -0.337 e. The molecular weight excluding hydrogens is 532 g/mol. The van der Waals surface area contributed by atoms with Crippen LogP contribution in [0.25, 0.3) is 5.57 Å². The fourth-order valence-corrected chi connectivity index (χ4v) is 7.85. The van der Waals surface area contributed by atoms with Crippen LogP contribution in [0.15, 0.2) is 29.2 Å². The average molecular weight is 569 g/mol. The van der Waals surface area contributed by atoms with Crippen LogP contribution in [-0.2, 0) is 19.6 Å². The van der Waals surface area contributed by atoms with Gasteiger partial charge in [0.2, 0.25) is 21.8 Å². The second-order valence-corrected chi connectivity index (χ2v) is 13.5. The normalized spacial score (nSPS) is 24.4. The summed E-state index contributed by atoms with van der Waals surface area (Å²) >= 11 is 7.40. The number of hydrogen-bond donors (Lipinski definition) is 1. The molecule has 0 radical (unpaired) electrons. The van der Waals surface area contributed by atoms with Crippen molar-refractivity contribution >= 4 is 50.3 Å². The molecule has 204 valence electrons. The molecule has 3 saturated heterocycles.